The highest BCUT2D eigenvalue weighted by molar-refractivity contribution is 5.84. The Morgan fingerprint density at radius 2 is 1.57 bits per heavy atom. The van der Waals surface area contributed by atoms with Crippen molar-refractivity contribution in [1.29, 1.82) is 0 Å². The Morgan fingerprint density at radius 1 is 0.857 bits per heavy atom. The normalized spacial score (nSPS) is 32.2. The zero-order valence-electron chi connectivity index (χ0n) is 13.2. The number of rotatable bonds is 2. The van der Waals surface area contributed by atoms with E-state index in [1.165, 1.54) is 32.1 Å². The van der Waals surface area contributed by atoms with Gasteiger partial charge >= 0.3 is 0 Å². The molecule has 1 aliphatic heterocycles. The third-order valence-electron chi connectivity index (χ3n) is 5.85. The molecule has 1 amide bonds. The zero-order valence-corrected chi connectivity index (χ0v) is 13.2. The Hall–Kier alpha value is -0.860. The summed E-state index contributed by atoms with van der Waals surface area (Å²) < 4.78 is 0. The Balaban J connectivity index is 1.71. The Labute approximate surface area is 128 Å². The fraction of sp³-hybridized carbons (Fsp3) is 0.889. The van der Waals surface area contributed by atoms with Crippen molar-refractivity contribution >= 4 is 11.7 Å². The average Bonchev–Trinajstić information content (AvgIpc) is 2.55. The van der Waals surface area contributed by atoms with Gasteiger partial charge in [0, 0.05) is 30.8 Å². The number of Topliss-reactive ketones (excluding diaryl/α,β-unsaturated/α-hetero) is 1. The van der Waals surface area contributed by atoms with Crippen LogP contribution in [0, 0.1) is 11.8 Å². The summed E-state index contributed by atoms with van der Waals surface area (Å²) in [6.45, 7) is 0.893. The van der Waals surface area contributed by atoms with E-state index in [9.17, 15) is 9.59 Å². The second-order valence-corrected chi connectivity index (χ2v) is 7.25. The van der Waals surface area contributed by atoms with Crippen LogP contribution in [-0.4, -0.2) is 29.2 Å². The second-order valence-electron chi connectivity index (χ2n) is 7.25. The van der Waals surface area contributed by atoms with E-state index in [1.54, 1.807) is 0 Å². The molecule has 0 aromatic rings. The minimum Gasteiger partial charge on any atom is -0.339 e. The van der Waals surface area contributed by atoms with Crippen molar-refractivity contribution in [2.24, 2.45) is 11.8 Å². The molecule has 0 bridgehead atoms. The summed E-state index contributed by atoms with van der Waals surface area (Å²) in [5, 5.41) is 0. The SMILES string of the molecule is O=C1CCCCC1C1CCCCN1C(=O)C1CCCCC1. The van der Waals surface area contributed by atoms with Gasteiger partial charge in [-0.3, -0.25) is 9.59 Å². The number of hydrogen-bond donors (Lipinski definition) is 0. The summed E-state index contributed by atoms with van der Waals surface area (Å²) in [5.74, 6) is 1.19. The highest BCUT2D eigenvalue weighted by atomic mass is 16.2. The summed E-state index contributed by atoms with van der Waals surface area (Å²) in [5.41, 5.74) is 0. The van der Waals surface area contributed by atoms with E-state index in [2.05, 4.69) is 4.90 Å². The lowest BCUT2D eigenvalue weighted by molar-refractivity contribution is -0.144. The van der Waals surface area contributed by atoms with E-state index in [1.807, 2.05) is 0 Å². The van der Waals surface area contributed by atoms with Crippen LogP contribution in [0.5, 0.6) is 0 Å². The molecule has 3 heteroatoms. The van der Waals surface area contributed by atoms with E-state index in [0.717, 1.165) is 51.5 Å². The lowest BCUT2D eigenvalue weighted by Crippen LogP contribution is -2.52. The van der Waals surface area contributed by atoms with Gasteiger partial charge in [-0.25, -0.2) is 0 Å². The third kappa shape index (κ3) is 3.32. The monoisotopic (exact) mass is 291 g/mol. The Kier molecular flexibility index (Phi) is 4.97. The van der Waals surface area contributed by atoms with Crippen molar-refractivity contribution < 1.29 is 9.59 Å². The van der Waals surface area contributed by atoms with Gasteiger partial charge in [-0.1, -0.05) is 25.7 Å². The van der Waals surface area contributed by atoms with Crippen LogP contribution in [0.1, 0.15) is 77.0 Å². The molecule has 0 spiro atoms. The molecule has 21 heavy (non-hydrogen) atoms. The smallest absolute Gasteiger partial charge is 0.225 e. The van der Waals surface area contributed by atoms with E-state index < -0.39 is 0 Å². The molecule has 2 saturated carbocycles. The Bertz CT molecular complexity index is 387. The molecule has 0 radical (unpaired) electrons. The molecular formula is C18H29NO2. The van der Waals surface area contributed by atoms with Gasteiger partial charge < -0.3 is 4.90 Å². The van der Waals surface area contributed by atoms with Crippen LogP contribution in [0.25, 0.3) is 0 Å². The fourth-order valence-electron chi connectivity index (χ4n) is 4.65. The molecule has 3 fully saturated rings. The summed E-state index contributed by atoms with van der Waals surface area (Å²) in [6.07, 6.45) is 13.2. The van der Waals surface area contributed by atoms with Gasteiger partial charge in [0.1, 0.15) is 5.78 Å². The molecule has 0 N–H and O–H groups in total. The number of likely N-dealkylation sites (tertiary alicyclic amines) is 1. The molecule has 2 atom stereocenters. The van der Waals surface area contributed by atoms with Crippen LogP contribution in [0.3, 0.4) is 0 Å². The summed E-state index contributed by atoms with van der Waals surface area (Å²) in [6, 6.07) is 0.223. The maximum Gasteiger partial charge on any atom is 0.225 e. The molecule has 1 heterocycles. The molecule has 3 nitrogen and oxygen atoms in total. The third-order valence-corrected chi connectivity index (χ3v) is 5.85. The first-order chi connectivity index (χ1) is 10.3. The van der Waals surface area contributed by atoms with Gasteiger partial charge in [0.25, 0.3) is 0 Å². The van der Waals surface area contributed by atoms with Crippen molar-refractivity contribution in [2.45, 2.75) is 83.1 Å². The molecule has 0 aromatic carbocycles. The van der Waals surface area contributed by atoms with Crippen molar-refractivity contribution in [3.05, 3.63) is 0 Å². The van der Waals surface area contributed by atoms with Crippen LogP contribution in [0.15, 0.2) is 0 Å². The van der Waals surface area contributed by atoms with E-state index in [4.69, 9.17) is 0 Å². The van der Waals surface area contributed by atoms with Crippen LogP contribution < -0.4 is 0 Å². The molecule has 2 unspecified atom stereocenters. The topological polar surface area (TPSA) is 37.4 Å². The van der Waals surface area contributed by atoms with Gasteiger partial charge in [0.15, 0.2) is 0 Å². The predicted molar refractivity (Wildman–Crippen MR) is 82.9 cm³/mol. The lowest BCUT2D eigenvalue weighted by Gasteiger charge is -2.43. The maximum atomic E-state index is 12.9. The van der Waals surface area contributed by atoms with Crippen molar-refractivity contribution in [3.63, 3.8) is 0 Å². The maximum absolute atomic E-state index is 12.9. The molecule has 3 rings (SSSR count). The molecule has 1 saturated heterocycles. The van der Waals surface area contributed by atoms with Crippen molar-refractivity contribution in [3.8, 4) is 0 Å². The first-order valence-electron chi connectivity index (χ1n) is 9.10. The minimum absolute atomic E-state index is 0.145. The number of ketones is 1. The van der Waals surface area contributed by atoms with Crippen molar-refractivity contribution in [1.82, 2.24) is 4.90 Å². The minimum atomic E-state index is 0.145. The first kappa shape index (κ1) is 15.1. The Morgan fingerprint density at radius 3 is 2.33 bits per heavy atom. The van der Waals surface area contributed by atoms with Gasteiger partial charge in [-0.05, 0) is 44.9 Å². The van der Waals surface area contributed by atoms with E-state index in [0.29, 0.717) is 11.7 Å². The van der Waals surface area contributed by atoms with Crippen LogP contribution in [0.2, 0.25) is 0 Å². The number of nitrogens with zero attached hydrogens (tertiary/aromatic N) is 1. The van der Waals surface area contributed by atoms with Crippen LogP contribution >= 0.6 is 0 Å². The van der Waals surface area contributed by atoms with Gasteiger partial charge in [-0.15, -0.1) is 0 Å². The lowest BCUT2D eigenvalue weighted by atomic mass is 9.78. The van der Waals surface area contributed by atoms with E-state index >= 15 is 0 Å². The van der Waals surface area contributed by atoms with Gasteiger partial charge in [0.2, 0.25) is 5.91 Å². The molecule has 0 aromatic heterocycles. The standard InChI is InChI=1S/C18H29NO2/c20-17-12-5-4-10-15(17)16-11-6-7-13-19(16)18(21)14-8-2-1-3-9-14/h14-16H,1-13H2. The summed E-state index contributed by atoms with van der Waals surface area (Å²) in [7, 11) is 0. The quantitative estimate of drug-likeness (QED) is 0.778. The van der Waals surface area contributed by atoms with Gasteiger partial charge in [-0.2, -0.15) is 0 Å². The first-order valence-corrected chi connectivity index (χ1v) is 9.10. The number of carbonyl (C=O) groups excluding carboxylic acids is 2. The highest BCUT2D eigenvalue weighted by Gasteiger charge is 2.39. The van der Waals surface area contributed by atoms with Crippen molar-refractivity contribution in [2.75, 3.05) is 6.54 Å². The number of piperidine rings is 1. The highest BCUT2D eigenvalue weighted by Crippen LogP contribution is 2.34. The molecule has 118 valence electrons. The van der Waals surface area contributed by atoms with Crippen LogP contribution in [0.4, 0.5) is 0 Å². The fourth-order valence-corrected chi connectivity index (χ4v) is 4.65. The summed E-state index contributed by atoms with van der Waals surface area (Å²) in [4.78, 5) is 27.4. The second kappa shape index (κ2) is 6.93. The molecule has 2 aliphatic carbocycles. The number of amides is 1. The largest absolute Gasteiger partial charge is 0.339 e. The number of carbonyl (C=O) groups is 2. The molecule has 3 aliphatic rings. The number of hydrogen-bond acceptors (Lipinski definition) is 2. The predicted octanol–water partition coefficient (Wildman–Crippen LogP) is 3.71. The summed E-state index contributed by atoms with van der Waals surface area (Å²) >= 11 is 0. The average molecular weight is 291 g/mol. The van der Waals surface area contributed by atoms with Crippen LogP contribution in [-0.2, 0) is 9.59 Å². The van der Waals surface area contributed by atoms with E-state index in [-0.39, 0.29) is 17.9 Å². The molecular weight excluding hydrogens is 262 g/mol. The van der Waals surface area contributed by atoms with Gasteiger partial charge in [0.05, 0.1) is 0 Å². The zero-order chi connectivity index (χ0) is 14.7.